The van der Waals surface area contributed by atoms with E-state index in [0.29, 0.717) is 18.5 Å². The van der Waals surface area contributed by atoms with Crippen molar-refractivity contribution in [2.75, 3.05) is 26.2 Å². The van der Waals surface area contributed by atoms with Crippen LogP contribution < -0.4 is 5.32 Å². The van der Waals surface area contributed by atoms with Crippen LogP contribution in [0.2, 0.25) is 0 Å². The molecule has 1 amide bonds. The zero-order chi connectivity index (χ0) is 13.5. The van der Waals surface area contributed by atoms with Crippen LogP contribution >= 0.6 is 0 Å². The first-order valence-corrected chi connectivity index (χ1v) is 6.70. The Morgan fingerprint density at radius 1 is 1.58 bits per heavy atom. The third-order valence-electron chi connectivity index (χ3n) is 3.20. The Bertz CT molecular complexity index is 374. The zero-order valence-electron chi connectivity index (χ0n) is 11.2. The molecule has 1 fully saturated rings. The van der Waals surface area contributed by atoms with Gasteiger partial charge in [0.25, 0.3) is 0 Å². The Morgan fingerprint density at radius 2 is 2.37 bits per heavy atom. The molecule has 0 atom stereocenters. The lowest BCUT2D eigenvalue weighted by Gasteiger charge is -2.31. The molecule has 0 aromatic carbocycles. The summed E-state index contributed by atoms with van der Waals surface area (Å²) in [6.45, 7) is 4.56. The largest absolute Gasteiger partial charge is 0.450 e. The lowest BCUT2D eigenvalue weighted by molar-refractivity contribution is 0.0951. The third kappa shape index (κ3) is 4.20. The van der Waals surface area contributed by atoms with Gasteiger partial charge in [-0.25, -0.2) is 4.79 Å². The molecule has 0 aliphatic carbocycles. The van der Waals surface area contributed by atoms with Crippen LogP contribution in [0.3, 0.4) is 0 Å². The summed E-state index contributed by atoms with van der Waals surface area (Å²) in [5.41, 5.74) is 0. The number of amides is 1. The molecule has 0 saturated carbocycles. The minimum absolute atomic E-state index is 0.202. The van der Waals surface area contributed by atoms with Gasteiger partial charge in [-0.05, 0) is 19.8 Å². The van der Waals surface area contributed by atoms with E-state index >= 15 is 0 Å². The molecule has 19 heavy (non-hydrogen) atoms. The molecule has 2 heterocycles. The molecule has 0 radical (unpaired) electrons. The van der Waals surface area contributed by atoms with Crippen molar-refractivity contribution in [3.8, 4) is 0 Å². The highest BCUT2D eigenvalue weighted by Crippen LogP contribution is 2.11. The molecule has 1 aromatic heterocycles. The summed E-state index contributed by atoms with van der Waals surface area (Å²) in [7, 11) is 0. The number of hydrogen-bond donors (Lipinski definition) is 1. The van der Waals surface area contributed by atoms with E-state index in [1.807, 2.05) is 6.92 Å². The summed E-state index contributed by atoms with van der Waals surface area (Å²) in [4.78, 5) is 17.3. The smallest absolute Gasteiger partial charge is 0.409 e. The molecule has 1 aromatic rings. The second kappa shape index (κ2) is 7.08. The average molecular weight is 268 g/mol. The molecule has 0 bridgehead atoms. The monoisotopic (exact) mass is 268 g/mol. The molecular formula is C12H20N4O3. The predicted octanol–water partition coefficient (Wildman–Crippen LogP) is 0.823. The van der Waals surface area contributed by atoms with Crippen molar-refractivity contribution in [3.63, 3.8) is 0 Å². The van der Waals surface area contributed by atoms with Gasteiger partial charge in [-0.1, -0.05) is 5.16 Å². The van der Waals surface area contributed by atoms with Gasteiger partial charge in [0.15, 0.2) is 6.33 Å². The number of nitrogens with zero attached hydrogens (tertiary/aromatic N) is 3. The van der Waals surface area contributed by atoms with Crippen molar-refractivity contribution in [1.82, 2.24) is 20.4 Å². The zero-order valence-corrected chi connectivity index (χ0v) is 11.2. The first kappa shape index (κ1) is 13.8. The molecule has 1 saturated heterocycles. The van der Waals surface area contributed by atoms with Crippen molar-refractivity contribution in [3.05, 3.63) is 12.2 Å². The molecule has 1 aliphatic rings. The van der Waals surface area contributed by atoms with E-state index in [2.05, 4.69) is 15.5 Å². The van der Waals surface area contributed by atoms with Gasteiger partial charge in [0.05, 0.1) is 6.61 Å². The summed E-state index contributed by atoms with van der Waals surface area (Å²) in [5.74, 6) is 0.649. The first-order valence-electron chi connectivity index (χ1n) is 6.70. The second-order valence-corrected chi connectivity index (χ2v) is 4.50. The Hall–Kier alpha value is -1.63. The summed E-state index contributed by atoms with van der Waals surface area (Å²) < 4.78 is 9.91. The van der Waals surface area contributed by atoms with E-state index in [9.17, 15) is 4.79 Å². The maximum Gasteiger partial charge on any atom is 0.409 e. The number of likely N-dealkylation sites (tertiary alicyclic amines) is 1. The van der Waals surface area contributed by atoms with Gasteiger partial charge in [0.2, 0.25) is 5.89 Å². The number of piperidine rings is 1. The topological polar surface area (TPSA) is 80.5 Å². The highest BCUT2D eigenvalue weighted by atomic mass is 16.6. The Kier molecular flexibility index (Phi) is 5.14. The summed E-state index contributed by atoms with van der Waals surface area (Å²) in [5, 5.41) is 7.01. The number of hydrogen-bond acceptors (Lipinski definition) is 6. The van der Waals surface area contributed by atoms with Crippen LogP contribution in [0.5, 0.6) is 0 Å². The fourth-order valence-electron chi connectivity index (χ4n) is 2.17. The standard InChI is InChI=1S/C12H20N4O3/c1-2-18-12(17)16-7-4-10(5-8-16)13-6-3-11-14-9-15-19-11/h9-10,13H,2-8H2,1H3. The minimum atomic E-state index is -0.202. The third-order valence-corrected chi connectivity index (χ3v) is 3.20. The fraction of sp³-hybridized carbons (Fsp3) is 0.750. The maximum absolute atomic E-state index is 11.5. The Morgan fingerprint density at radius 3 is 3.00 bits per heavy atom. The number of rotatable bonds is 5. The fourth-order valence-corrected chi connectivity index (χ4v) is 2.17. The molecule has 1 aliphatic heterocycles. The number of aromatic nitrogens is 2. The quantitative estimate of drug-likeness (QED) is 0.851. The highest BCUT2D eigenvalue weighted by Gasteiger charge is 2.22. The van der Waals surface area contributed by atoms with E-state index in [4.69, 9.17) is 9.26 Å². The molecule has 7 heteroatoms. The maximum atomic E-state index is 11.5. The number of ether oxygens (including phenoxy) is 1. The van der Waals surface area contributed by atoms with E-state index in [0.717, 1.165) is 38.9 Å². The normalized spacial score (nSPS) is 16.6. The number of nitrogens with one attached hydrogen (secondary N) is 1. The molecule has 0 spiro atoms. The predicted molar refractivity (Wildman–Crippen MR) is 67.6 cm³/mol. The molecule has 7 nitrogen and oxygen atoms in total. The van der Waals surface area contributed by atoms with Gasteiger partial charge in [0, 0.05) is 32.1 Å². The van der Waals surface area contributed by atoms with Crippen LogP contribution in [0.4, 0.5) is 4.79 Å². The van der Waals surface area contributed by atoms with Crippen LogP contribution in [0.15, 0.2) is 10.9 Å². The van der Waals surface area contributed by atoms with Gasteiger partial charge in [-0.3, -0.25) is 0 Å². The molecule has 2 rings (SSSR count). The van der Waals surface area contributed by atoms with Gasteiger partial charge in [0.1, 0.15) is 0 Å². The SMILES string of the molecule is CCOC(=O)N1CCC(NCCc2ncno2)CC1. The highest BCUT2D eigenvalue weighted by molar-refractivity contribution is 5.67. The van der Waals surface area contributed by atoms with Crippen molar-refractivity contribution < 1.29 is 14.1 Å². The lowest BCUT2D eigenvalue weighted by Crippen LogP contribution is -2.45. The molecule has 1 N–H and O–H groups in total. The molecule has 106 valence electrons. The Labute approximate surface area is 112 Å². The average Bonchev–Trinajstić information content (AvgIpc) is 2.93. The van der Waals surface area contributed by atoms with Crippen LogP contribution in [0.1, 0.15) is 25.7 Å². The van der Waals surface area contributed by atoms with Gasteiger partial charge < -0.3 is 19.5 Å². The number of carbonyl (C=O) groups is 1. The summed E-state index contributed by atoms with van der Waals surface area (Å²) in [6, 6.07) is 0.439. The van der Waals surface area contributed by atoms with Crippen molar-refractivity contribution in [2.24, 2.45) is 0 Å². The molecule has 0 unspecified atom stereocenters. The first-order chi connectivity index (χ1) is 9.29. The van der Waals surface area contributed by atoms with E-state index < -0.39 is 0 Å². The van der Waals surface area contributed by atoms with Crippen molar-refractivity contribution in [2.45, 2.75) is 32.2 Å². The van der Waals surface area contributed by atoms with Crippen molar-refractivity contribution >= 4 is 6.09 Å². The van der Waals surface area contributed by atoms with E-state index in [-0.39, 0.29) is 6.09 Å². The van der Waals surface area contributed by atoms with E-state index in [1.165, 1.54) is 6.33 Å². The van der Waals surface area contributed by atoms with Crippen LogP contribution in [0, 0.1) is 0 Å². The van der Waals surface area contributed by atoms with Crippen LogP contribution in [-0.4, -0.2) is 53.4 Å². The minimum Gasteiger partial charge on any atom is -0.450 e. The second-order valence-electron chi connectivity index (χ2n) is 4.50. The van der Waals surface area contributed by atoms with Gasteiger partial charge >= 0.3 is 6.09 Å². The summed E-state index contributed by atoms with van der Waals surface area (Å²) in [6.07, 6.45) is 3.84. The number of carbonyl (C=O) groups excluding carboxylic acids is 1. The lowest BCUT2D eigenvalue weighted by atomic mass is 10.1. The van der Waals surface area contributed by atoms with Crippen molar-refractivity contribution in [1.29, 1.82) is 0 Å². The van der Waals surface area contributed by atoms with Gasteiger partial charge in [-0.2, -0.15) is 4.98 Å². The Balaban J connectivity index is 1.62. The van der Waals surface area contributed by atoms with Crippen LogP contribution in [0.25, 0.3) is 0 Å². The summed E-state index contributed by atoms with van der Waals surface area (Å²) >= 11 is 0. The van der Waals surface area contributed by atoms with Gasteiger partial charge in [-0.15, -0.1) is 0 Å². The van der Waals surface area contributed by atoms with Crippen LogP contribution in [-0.2, 0) is 11.2 Å². The van der Waals surface area contributed by atoms with E-state index in [1.54, 1.807) is 4.90 Å². The molecular weight excluding hydrogens is 248 g/mol.